The van der Waals surface area contributed by atoms with Crippen LogP contribution in [-0.4, -0.2) is 27.9 Å². The Bertz CT molecular complexity index is 896. The van der Waals surface area contributed by atoms with Gasteiger partial charge in [-0.2, -0.15) is 0 Å². The topological polar surface area (TPSA) is 66.5 Å². The van der Waals surface area contributed by atoms with E-state index in [2.05, 4.69) is 4.72 Å². The molecule has 0 radical (unpaired) electrons. The number of sulfonamides is 1. The normalized spacial score (nSPS) is 13.8. The third kappa shape index (κ3) is 3.05. The monoisotopic (exact) mass is 348 g/mol. The van der Waals surface area contributed by atoms with Crippen LogP contribution in [0, 0.1) is 5.82 Å². The Kier molecular flexibility index (Phi) is 4.38. The summed E-state index contributed by atoms with van der Waals surface area (Å²) in [5, 5.41) is 0. The molecule has 0 aliphatic carbocycles. The van der Waals surface area contributed by atoms with Crippen molar-refractivity contribution < 1.29 is 17.6 Å². The zero-order valence-corrected chi connectivity index (χ0v) is 13.9. The first-order chi connectivity index (χ1) is 11.4. The molecule has 1 N–H and O–H groups in total. The zero-order valence-electron chi connectivity index (χ0n) is 13.1. The molecule has 0 saturated carbocycles. The molecule has 126 valence electrons. The quantitative estimate of drug-likeness (QED) is 0.917. The van der Waals surface area contributed by atoms with Crippen LogP contribution >= 0.6 is 0 Å². The van der Waals surface area contributed by atoms with Crippen molar-refractivity contribution in [2.75, 3.05) is 18.5 Å². The van der Waals surface area contributed by atoms with E-state index in [1.807, 2.05) is 0 Å². The number of anilines is 1. The summed E-state index contributed by atoms with van der Waals surface area (Å²) in [6.45, 7) is 0.464. The van der Waals surface area contributed by atoms with Gasteiger partial charge < -0.3 is 4.90 Å². The molecule has 7 heteroatoms. The van der Waals surface area contributed by atoms with E-state index in [0.29, 0.717) is 24.2 Å². The first-order valence-electron chi connectivity index (χ1n) is 7.52. The summed E-state index contributed by atoms with van der Waals surface area (Å²) in [6, 6.07) is 10.9. The third-order valence-corrected chi connectivity index (χ3v) is 5.54. The van der Waals surface area contributed by atoms with E-state index in [-0.39, 0.29) is 17.2 Å². The highest BCUT2D eigenvalue weighted by Crippen LogP contribution is 2.30. The summed E-state index contributed by atoms with van der Waals surface area (Å²) in [6.07, 6.45) is 0.550. The van der Waals surface area contributed by atoms with Gasteiger partial charge in [0.1, 0.15) is 5.82 Å². The van der Waals surface area contributed by atoms with E-state index < -0.39 is 15.8 Å². The summed E-state index contributed by atoms with van der Waals surface area (Å²) >= 11 is 0. The van der Waals surface area contributed by atoms with E-state index in [1.54, 1.807) is 35.2 Å². The van der Waals surface area contributed by atoms with Crippen molar-refractivity contribution in [3.8, 4) is 0 Å². The van der Waals surface area contributed by atoms with Crippen molar-refractivity contribution in [1.29, 1.82) is 0 Å². The van der Waals surface area contributed by atoms with Gasteiger partial charge in [-0.1, -0.05) is 18.2 Å². The van der Waals surface area contributed by atoms with Crippen molar-refractivity contribution in [3.63, 3.8) is 0 Å². The molecule has 0 spiro atoms. The highest BCUT2D eigenvalue weighted by atomic mass is 32.2. The molecule has 0 saturated heterocycles. The standard InChI is InChI=1S/C17H17FN2O3S/c1-19-24(22,23)14-6-7-16-13(10-14)8-9-20(16)17(21)11-12-4-2-3-5-15(12)18/h2-7,10,19H,8-9,11H2,1H3. The van der Waals surface area contributed by atoms with Gasteiger partial charge in [0.2, 0.25) is 15.9 Å². The number of carbonyl (C=O) groups is 1. The number of rotatable bonds is 4. The zero-order chi connectivity index (χ0) is 17.3. The SMILES string of the molecule is CNS(=O)(=O)c1ccc2c(c1)CCN2C(=O)Cc1ccccc1F. The number of fused-ring (bicyclic) bond motifs is 1. The highest BCUT2D eigenvalue weighted by Gasteiger charge is 2.26. The Morgan fingerprint density at radius 2 is 2.00 bits per heavy atom. The van der Waals surface area contributed by atoms with Crippen molar-refractivity contribution in [2.45, 2.75) is 17.7 Å². The molecule has 0 bridgehead atoms. The molecule has 5 nitrogen and oxygen atoms in total. The van der Waals surface area contributed by atoms with E-state index in [0.717, 1.165) is 5.56 Å². The van der Waals surface area contributed by atoms with Crippen LogP contribution in [0.15, 0.2) is 47.4 Å². The number of amides is 1. The second kappa shape index (κ2) is 6.33. The van der Waals surface area contributed by atoms with Gasteiger partial charge >= 0.3 is 0 Å². The van der Waals surface area contributed by atoms with Crippen molar-refractivity contribution in [3.05, 3.63) is 59.4 Å². The average molecular weight is 348 g/mol. The van der Waals surface area contributed by atoms with Gasteiger partial charge in [0.25, 0.3) is 0 Å². The molecule has 1 heterocycles. The smallest absolute Gasteiger partial charge is 0.240 e. The Labute approximate surface area is 140 Å². The van der Waals surface area contributed by atoms with Gasteiger partial charge in [0.05, 0.1) is 11.3 Å². The third-order valence-electron chi connectivity index (χ3n) is 4.13. The van der Waals surface area contributed by atoms with Crippen LogP contribution in [0.25, 0.3) is 0 Å². The summed E-state index contributed by atoms with van der Waals surface area (Å²) < 4.78 is 39.7. The fraction of sp³-hybridized carbons (Fsp3) is 0.235. The van der Waals surface area contributed by atoms with E-state index in [4.69, 9.17) is 0 Å². The Morgan fingerprint density at radius 3 is 2.71 bits per heavy atom. The maximum Gasteiger partial charge on any atom is 0.240 e. The Balaban J connectivity index is 1.85. The number of benzene rings is 2. The molecule has 3 rings (SSSR count). The fourth-order valence-corrected chi connectivity index (χ4v) is 3.60. The van der Waals surface area contributed by atoms with Crippen LogP contribution in [0.4, 0.5) is 10.1 Å². The molecule has 0 fully saturated rings. The average Bonchev–Trinajstić information content (AvgIpc) is 3.00. The molecule has 24 heavy (non-hydrogen) atoms. The first kappa shape index (κ1) is 16.6. The highest BCUT2D eigenvalue weighted by molar-refractivity contribution is 7.89. The number of carbonyl (C=O) groups excluding carboxylic acids is 1. The summed E-state index contributed by atoms with van der Waals surface area (Å²) in [7, 11) is -2.16. The number of nitrogens with one attached hydrogen (secondary N) is 1. The maximum absolute atomic E-state index is 13.7. The molecule has 0 aromatic heterocycles. The molecular formula is C17H17FN2O3S. The molecule has 0 unspecified atom stereocenters. The number of nitrogens with zero attached hydrogens (tertiary/aromatic N) is 1. The lowest BCUT2D eigenvalue weighted by molar-refractivity contribution is -0.117. The Hall–Kier alpha value is -2.25. The van der Waals surface area contributed by atoms with E-state index in [9.17, 15) is 17.6 Å². The van der Waals surface area contributed by atoms with Crippen molar-refractivity contribution in [1.82, 2.24) is 4.72 Å². The van der Waals surface area contributed by atoms with Gasteiger partial charge in [0.15, 0.2) is 0 Å². The molecule has 2 aromatic carbocycles. The van der Waals surface area contributed by atoms with Gasteiger partial charge in [-0.25, -0.2) is 17.5 Å². The predicted octanol–water partition coefficient (Wildman–Crippen LogP) is 1.87. The maximum atomic E-state index is 13.7. The second-order valence-corrected chi connectivity index (χ2v) is 7.45. The van der Waals surface area contributed by atoms with Crippen LogP contribution < -0.4 is 9.62 Å². The van der Waals surface area contributed by atoms with Crippen LogP contribution in [0.1, 0.15) is 11.1 Å². The summed E-state index contributed by atoms with van der Waals surface area (Å²) in [5.41, 5.74) is 1.84. The first-order valence-corrected chi connectivity index (χ1v) is 9.01. The molecule has 1 aliphatic heterocycles. The molecule has 2 aromatic rings. The van der Waals surface area contributed by atoms with Gasteiger partial charge in [0, 0.05) is 12.2 Å². The lowest BCUT2D eigenvalue weighted by Crippen LogP contribution is -2.30. The lowest BCUT2D eigenvalue weighted by Gasteiger charge is -2.18. The van der Waals surface area contributed by atoms with Crippen molar-refractivity contribution >= 4 is 21.6 Å². The summed E-state index contributed by atoms with van der Waals surface area (Å²) in [4.78, 5) is 14.3. The van der Waals surface area contributed by atoms with Gasteiger partial charge in [-0.15, -0.1) is 0 Å². The molecule has 1 aliphatic rings. The number of halogens is 1. The molecule has 0 atom stereocenters. The van der Waals surface area contributed by atoms with Crippen LogP contribution in [0.3, 0.4) is 0 Å². The van der Waals surface area contributed by atoms with E-state index in [1.165, 1.54) is 19.2 Å². The van der Waals surface area contributed by atoms with Gasteiger partial charge in [-0.3, -0.25) is 4.79 Å². The van der Waals surface area contributed by atoms with Crippen LogP contribution in [0.2, 0.25) is 0 Å². The van der Waals surface area contributed by atoms with E-state index >= 15 is 0 Å². The minimum absolute atomic E-state index is 0.0251. The molecular weight excluding hydrogens is 331 g/mol. The Morgan fingerprint density at radius 1 is 1.25 bits per heavy atom. The molecule has 1 amide bonds. The number of hydrogen-bond donors (Lipinski definition) is 1. The van der Waals surface area contributed by atoms with Crippen LogP contribution in [0.5, 0.6) is 0 Å². The lowest BCUT2D eigenvalue weighted by atomic mass is 10.1. The van der Waals surface area contributed by atoms with Crippen LogP contribution in [-0.2, 0) is 27.7 Å². The minimum Gasteiger partial charge on any atom is -0.312 e. The largest absolute Gasteiger partial charge is 0.312 e. The summed E-state index contributed by atoms with van der Waals surface area (Å²) in [5.74, 6) is -0.608. The van der Waals surface area contributed by atoms with Crippen molar-refractivity contribution in [2.24, 2.45) is 0 Å². The second-order valence-electron chi connectivity index (χ2n) is 5.56. The van der Waals surface area contributed by atoms with Gasteiger partial charge in [-0.05, 0) is 48.9 Å². The number of hydrogen-bond acceptors (Lipinski definition) is 3. The fourth-order valence-electron chi connectivity index (χ4n) is 2.82. The predicted molar refractivity (Wildman–Crippen MR) is 88.8 cm³/mol. The minimum atomic E-state index is -3.51.